The van der Waals surface area contributed by atoms with Crippen LogP contribution in [0.25, 0.3) is 0 Å². The summed E-state index contributed by atoms with van der Waals surface area (Å²) in [6.45, 7) is 3.81. The Kier molecular flexibility index (Phi) is 8.68. The molecule has 0 radical (unpaired) electrons. The van der Waals surface area contributed by atoms with E-state index in [4.69, 9.17) is 0 Å². The van der Waals surface area contributed by atoms with Gasteiger partial charge in [0, 0.05) is 20.1 Å². The number of nitrogens with one attached hydrogen (secondary N) is 3. The molecule has 0 aliphatic rings. The van der Waals surface area contributed by atoms with Crippen molar-refractivity contribution in [2.75, 3.05) is 20.1 Å². The van der Waals surface area contributed by atoms with Crippen molar-refractivity contribution in [3.05, 3.63) is 35.9 Å². The van der Waals surface area contributed by atoms with E-state index in [0.29, 0.717) is 12.5 Å². The number of rotatable bonds is 8. The quantitative estimate of drug-likeness (QED) is 0.387. The van der Waals surface area contributed by atoms with Gasteiger partial charge in [0.15, 0.2) is 5.96 Å². The monoisotopic (exact) mass is 290 g/mol. The molecule has 0 aliphatic carbocycles. The molecule has 3 N–H and O–H groups in total. The highest BCUT2D eigenvalue weighted by Crippen LogP contribution is 1.96. The molecule has 1 aromatic carbocycles. The minimum Gasteiger partial charge on any atom is -0.356 e. The maximum Gasteiger partial charge on any atom is 0.239 e. The topological polar surface area (TPSA) is 65.5 Å². The summed E-state index contributed by atoms with van der Waals surface area (Å²) >= 11 is 0. The van der Waals surface area contributed by atoms with E-state index in [1.807, 2.05) is 30.3 Å². The first-order chi connectivity index (χ1) is 10.3. The van der Waals surface area contributed by atoms with Crippen LogP contribution in [0, 0.1) is 0 Å². The number of unbranched alkanes of at least 4 members (excludes halogenated alkanes) is 2. The van der Waals surface area contributed by atoms with Crippen LogP contribution in [0.5, 0.6) is 0 Å². The highest BCUT2D eigenvalue weighted by molar-refractivity contribution is 5.86. The molecule has 0 aliphatic heterocycles. The van der Waals surface area contributed by atoms with E-state index in [1.165, 1.54) is 12.8 Å². The molecule has 1 amide bonds. The molecule has 0 aromatic heterocycles. The van der Waals surface area contributed by atoms with Crippen LogP contribution in [0.2, 0.25) is 0 Å². The van der Waals surface area contributed by atoms with Crippen LogP contribution in [0.3, 0.4) is 0 Å². The SMILES string of the molecule is CCCCCNC(=NC)NCC(=O)NCc1ccccc1. The van der Waals surface area contributed by atoms with Gasteiger partial charge in [-0.2, -0.15) is 0 Å². The third-order valence-corrected chi connectivity index (χ3v) is 3.05. The van der Waals surface area contributed by atoms with Crippen molar-refractivity contribution < 1.29 is 4.79 Å². The summed E-state index contributed by atoms with van der Waals surface area (Å²) in [4.78, 5) is 15.8. The zero-order chi connectivity index (χ0) is 15.3. The van der Waals surface area contributed by atoms with E-state index in [0.717, 1.165) is 18.5 Å². The van der Waals surface area contributed by atoms with Gasteiger partial charge in [0.1, 0.15) is 0 Å². The lowest BCUT2D eigenvalue weighted by atomic mass is 10.2. The largest absolute Gasteiger partial charge is 0.356 e. The van der Waals surface area contributed by atoms with Crippen molar-refractivity contribution in [3.8, 4) is 0 Å². The molecule has 21 heavy (non-hydrogen) atoms. The minimum absolute atomic E-state index is 0.0460. The van der Waals surface area contributed by atoms with Gasteiger partial charge in [-0.15, -0.1) is 0 Å². The predicted octanol–water partition coefficient (Wildman–Crippen LogP) is 1.66. The smallest absolute Gasteiger partial charge is 0.239 e. The van der Waals surface area contributed by atoms with E-state index in [-0.39, 0.29) is 12.5 Å². The number of nitrogens with zero attached hydrogens (tertiary/aromatic N) is 1. The third kappa shape index (κ3) is 7.97. The highest BCUT2D eigenvalue weighted by Gasteiger charge is 2.03. The fourth-order valence-electron chi connectivity index (χ4n) is 1.83. The summed E-state index contributed by atoms with van der Waals surface area (Å²) in [6, 6.07) is 9.86. The average molecular weight is 290 g/mol. The lowest BCUT2D eigenvalue weighted by Crippen LogP contribution is -2.43. The van der Waals surface area contributed by atoms with Gasteiger partial charge in [0.25, 0.3) is 0 Å². The van der Waals surface area contributed by atoms with Crippen molar-refractivity contribution >= 4 is 11.9 Å². The maximum absolute atomic E-state index is 11.8. The molecule has 0 fully saturated rings. The number of benzene rings is 1. The lowest BCUT2D eigenvalue weighted by molar-refractivity contribution is -0.120. The number of carbonyl (C=O) groups excluding carboxylic acids is 1. The highest BCUT2D eigenvalue weighted by atomic mass is 16.1. The summed E-state index contributed by atoms with van der Waals surface area (Å²) in [5.41, 5.74) is 1.09. The van der Waals surface area contributed by atoms with Gasteiger partial charge in [0.05, 0.1) is 6.54 Å². The molecule has 1 aromatic rings. The molecule has 0 spiro atoms. The number of guanidine groups is 1. The number of aliphatic imine (C=N–C) groups is 1. The van der Waals surface area contributed by atoms with Gasteiger partial charge in [-0.3, -0.25) is 9.79 Å². The zero-order valence-electron chi connectivity index (χ0n) is 13.0. The van der Waals surface area contributed by atoms with Gasteiger partial charge in [-0.1, -0.05) is 50.1 Å². The Hall–Kier alpha value is -2.04. The Morgan fingerprint density at radius 2 is 1.86 bits per heavy atom. The summed E-state index contributed by atoms with van der Waals surface area (Å²) < 4.78 is 0. The standard InChI is InChI=1S/C16H26N4O/c1-3-4-8-11-18-16(17-2)20-13-15(21)19-12-14-9-6-5-7-10-14/h5-7,9-10H,3-4,8,11-13H2,1-2H3,(H,19,21)(H2,17,18,20). The molecule has 0 saturated heterocycles. The van der Waals surface area contributed by atoms with Crippen molar-refractivity contribution in [2.24, 2.45) is 4.99 Å². The molecule has 0 heterocycles. The van der Waals surface area contributed by atoms with Crippen LogP contribution < -0.4 is 16.0 Å². The molecule has 5 nitrogen and oxygen atoms in total. The van der Waals surface area contributed by atoms with Crippen molar-refractivity contribution in [2.45, 2.75) is 32.7 Å². The first-order valence-corrected chi connectivity index (χ1v) is 7.51. The van der Waals surface area contributed by atoms with E-state index < -0.39 is 0 Å². The van der Waals surface area contributed by atoms with Crippen molar-refractivity contribution in [1.29, 1.82) is 0 Å². The first kappa shape index (κ1) is 17.0. The Labute approximate surface area is 127 Å². The van der Waals surface area contributed by atoms with Gasteiger partial charge in [-0.05, 0) is 12.0 Å². The number of carbonyl (C=O) groups is 1. The van der Waals surface area contributed by atoms with Crippen LogP contribution in [0.15, 0.2) is 35.3 Å². The molecule has 5 heteroatoms. The number of hydrogen-bond donors (Lipinski definition) is 3. The molecular weight excluding hydrogens is 264 g/mol. The second-order valence-corrected chi connectivity index (χ2v) is 4.82. The normalized spacial score (nSPS) is 11.0. The van der Waals surface area contributed by atoms with Crippen LogP contribution in [-0.4, -0.2) is 32.0 Å². The van der Waals surface area contributed by atoms with Gasteiger partial charge >= 0.3 is 0 Å². The second kappa shape index (κ2) is 10.7. The first-order valence-electron chi connectivity index (χ1n) is 7.51. The Balaban J connectivity index is 2.18. The van der Waals surface area contributed by atoms with E-state index >= 15 is 0 Å². The van der Waals surface area contributed by atoms with Crippen LogP contribution >= 0.6 is 0 Å². The molecule has 1 rings (SSSR count). The molecule has 0 atom stereocenters. The number of amides is 1. The lowest BCUT2D eigenvalue weighted by Gasteiger charge is -2.11. The minimum atomic E-state index is -0.0460. The molecule has 0 saturated carbocycles. The van der Waals surface area contributed by atoms with E-state index in [2.05, 4.69) is 27.9 Å². The van der Waals surface area contributed by atoms with Crippen molar-refractivity contribution in [3.63, 3.8) is 0 Å². The van der Waals surface area contributed by atoms with E-state index in [9.17, 15) is 4.79 Å². The molecule has 116 valence electrons. The predicted molar refractivity (Wildman–Crippen MR) is 87.2 cm³/mol. The third-order valence-electron chi connectivity index (χ3n) is 3.05. The average Bonchev–Trinajstić information content (AvgIpc) is 2.53. The zero-order valence-corrected chi connectivity index (χ0v) is 13.0. The van der Waals surface area contributed by atoms with E-state index in [1.54, 1.807) is 7.05 Å². The number of hydrogen-bond acceptors (Lipinski definition) is 2. The molecular formula is C16H26N4O. The Bertz CT molecular complexity index is 431. The van der Waals surface area contributed by atoms with Gasteiger partial charge in [0.2, 0.25) is 5.91 Å². The fraction of sp³-hybridized carbons (Fsp3) is 0.500. The summed E-state index contributed by atoms with van der Waals surface area (Å²) in [5.74, 6) is 0.622. The van der Waals surface area contributed by atoms with Crippen LogP contribution in [0.4, 0.5) is 0 Å². The summed E-state index contributed by atoms with van der Waals surface area (Å²) in [5, 5.41) is 9.07. The van der Waals surface area contributed by atoms with Gasteiger partial charge < -0.3 is 16.0 Å². The molecule has 0 bridgehead atoms. The summed E-state index contributed by atoms with van der Waals surface area (Å²) in [6.07, 6.45) is 3.49. The van der Waals surface area contributed by atoms with Crippen LogP contribution in [-0.2, 0) is 11.3 Å². The van der Waals surface area contributed by atoms with Gasteiger partial charge in [-0.25, -0.2) is 0 Å². The maximum atomic E-state index is 11.8. The molecule has 0 unspecified atom stereocenters. The fourth-order valence-corrected chi connectivity index (χ4v) is 1.83. The van der Waals surface area contributed by atoms with Crippen LogP contribution in [0.1, 0.15) is 31.7 Å². The second-order valence-electron chi connectivity index (χ2n) is 4.82. The summed E-state index contributed by atoms with van der Waals surface area (Å²) in [7, 11) is 1.71. The van der Waals surface area contributed by atoms with Crippen molar-refractivity contribution in [1.82, 2.24) is 16.0 Å². The Morgan fingerprint density at radius 1 is 1.10 bits per heavy atom. The Morgan fingerprint density at radius 3 is 2.52 bits per heavy atom.